The predicted molar refractivity (Wildman–Crippen MR) is 72.6 cm³/mol. The molecule has 0 amide bonds. The lowest BCUT2D eigenvalue weighted by atomic mass is 10.2. The Balaban J connectivity index is 2.10. The summed E-state index contributed by atoms with van der Waals surface area (Å²) in [5.74, 6) is -1.39. The summed E-state index contributed by atoms with van der Waals surface area (Å²) in [6, 6.07) is 5.63. The lowest BCUT2D eigenvalue weighted by molar-refractivity contribution is 0.0457. The van der Waals surface area contributed by atoms with Gasteiger partial charge in [-0.2, -0.15) is 5.10 Å². The van der Waals surface area contributed by atoms with Crippen LogP contribution in [-0.2, 0) is 17.9 Å². The van der Waals surface area contributed by atoms with E-state index in [-0.39, 0.29) is 12.2 Å². The number of halogens is 1. The molecule has 0 aliphatic heterocycles. The van der Waals surface area contributed by atoms with E-state index < -0.39 is 11.8 Å². The molecular weight excluding hydrogens is 261 g/mol. The van der Waals surface area contributed by atoms with Crippen LogP contribution in [0.15, 0.2) is 24.3 Å². The molecule has 1 aromatic carbocycles. The van der Waals surface area contributed by atoms with E-state index in [9.17, 15) is 9.18 Å². The van der Waals surface area contributed by atoms with Gasteiger partial charge in [0.2, 0.25) is 0 Å². The molecule has 0 atom stereocenters. The number of hydrogen-bond donors (Lipinski definition) is 1. The maximum absolute atomic E-state index is 13.5. The Kier molecular flexibility index (Phi) is 4.02. The van der Waals surface area contributed by atoms with E-state index in [2.05, 4.69) is 5.10 Å². The molecule has 2 rings (SSSR count). The molecule has 0 spiro atoms. The highest BCUT2D eigenvalue weighted by Gasteiger charge is 2.15. The first-order valence-electron chi connectivity index (χ1n) is 6.26. The van der Waals surface area contributed by atoms with Crippen LogP contribution in [0.2, 0.25) is 0 Å². The molecule has 0 saturated heterocycles. The van der Waals surface area contributed by atoms with Gasteiger partial charge in [0.25, 0.3) is 0 Å². The molecule has 0 fully saturated rings. The van der Waals surface area contributed by atoms with Crippen molar-refractivity contribution in [1.82, 2.24) is 9.78 Å². The summed E-state index contributed by atoms with van der Waals surface area (Å²) in [5.41, 5.74) is 7.29. The Morgan fingerprint density at radius 1 is 1.45 bits per heavy atom. The van der Waals surface area contributed by atoms with Crippen LogP contribution in [0, 0.1) is 12.7 Å². The fourth-order valence-electron chi connectivity index (χ4n) is 1.91. The standard InChI is InChI=1S/C14H16FN3O2/c1-3-18-11(6-9(2)17-18)8-20-14(19)12-7-10(16)4-5-13(12)15/h4-7H,3,8,16H2,1-2H3. The second kappa shape index (κ2) is 5.73. The number of esters is 1. The predicted octanol–water partition coefficient (Wildman–Crippen LogP) is 2.29. The van der Waals surface area contributed by atoms with E-state index in [0.29, 0.717) is 12.2 Å². The van der Waals surface area contributed by atoms with Gasteiger partial charge in [-0.3, -0.25) is 4.68 Å². The van der Waals surface area contributed by atoms with E-state index in [1.54, 1.807) is 4.68 Å². The summed E-state index contributed by atoms with van der Waals surface area (Å²) >= 11 is 0. The van der Waals surface area contributed by atoms with E-state index in [0.717, 1.165) is 17.5 Å². The summed E-state index contributed by atoms with van der Waals surface area (Å²) in [6.07, 6.45) is 0. The topological polar surface area (TPSA) is 70.1 Å². The van der Waals surface area contributed by atoms with Crippen LogP contribution in [0.5, 0.6) is 0 Å². The molecule has 2 N–H and O–H groups in total. The molecule has 20 heavy (non-hydrogen) atoms. The quantitative estimate of drug-likeness (QED) is 0.687. The van der Waals surface area contributed by atoms with Gasteiger partial charge in [-0.15, -0.1) is 0 Å². The largest absolute Gasteiger partial charge is 0.456 e. The molecule has 1 aromatic heterocycles. The van der Waals surface area contributed by atoms with Gasteiger partial charge in [0, 0.05) is 12.2 Å². The maximum atomic E-state index is 13.5. The molecule has 6 heteroatoms. The Bertz CT molecular complexity index is 637. The van der Waals surface area contributed by atoms with Crippen molar-refractivity contribution in [3.8, 4) is 0 Å². The summed E-state index contributed by atoms with van der Waals surface area (Å²) in [7, 11) is 0. The average Bonchev–Trinajstić information content (AvgIpc) is 2.79. The second-order valence-corrected chi connectivity index (χ2v) is 4.41. The first kappa shape index (κ1) is 14.0. The number of nitrogen functional groups attached to an aromatic ring is 1. The molecule has 0 aliphatic carbocycles. The molecule has 0 bridgehead atoms. The molecule has 0 radical (unpaired) electrons. The second-order valence-electron chi connectivity index (χ2n) is 4.41. The van der Waals surface area contributed by atoms with Crippen molar-refractivity contribution < 1.29 is 13.9 Å². The smallest absolute Gasteiger partial charge is 0.341 e. The van der Waals surface area contributed by atoms with E-state index in [1.165, 1.54) is 12.1 Å². The van der Waals surface area contributed by atoms with Crippen LogP contribution < -0.4 is 5.73 Å². The number of carbonyl (C=O) groups is 1. The minimum Gasteiger partial charge on any atom is -0.456 e. The molecule has 1 heterocycles. The number of nitrogens with two attached hydrogens (primary N) is 1. The van der Waals surface area contributed by atoms with Gasteiger partial charge in [-0.25, -0.2) is 9.18 Å². The van der Waals surface area contributed by atoms with Crippen molar-refractivity contribution in [3.63, 3.8) is 0 Å². The fourth-order valence-corrected chi connectivity index (χ4v) is 1.91. The van der Waals surface area contributed by atoms with Crippen LogP contribution >= 0.6 is 0 Å². The van der Waals surface area contributed by atoms with E-state index in [1.807, 2.05) is 19.9 Å². The van der Waals surface area contributed by atoms with Gasteiger partial charge in [0.05, 0.1) is 17.0 Å². The van der Waals surface area contributed by atoms with Crippen LogP contribution in [-0.4, -0.2) is 15.7 Å². The Labute approximate surface area is 116 Å². The van der Waals surface area contributed by atoms with Crippen molar-refractivity contribution >= 4 is 11.7 Å². The monoisotopic (exact) mass is 277 g/mol. The summed E-state index contributed by atoms with van der Waals surface area (Å²) in [4.78, 5) is 11.9. The lowest BCUT2D eigenvalue weighted by Crippen LogP contribution is -2.11. The van der Waals surface area contributed by atoms with E-state index in [4.69, 9.17) is 10.5 Å². The zero-order valence-electron chi connectivity index (χ0n) is 11.4. The number of nitrogens with zero attached hydrogens (tertiary/aromatic N) is 2. The third kappa shape index (κ3) is 2.96. The molecule has 0 saturated carbocycles. The van der Waals surface area contributed by atoms with Gasteiger partial charge in [0.15, 0.2) is 0 Å². The van der Waals surface area contributed by atoms with E-state index >= 15 is 0 Å². The first-order valence-corrected chi connectivity index (χ1v) is 6.26. The van der Waals surface area contributed by atoms with Gasteiger partial charge in [-0.05, 0) is 38.1 Å². The van der Waals surface area contributed by atoms with Gasteiger partial charge in [-0.1, -0.05) is 0 Å². The van der Waals surface area contributed by atoms with Crippen molar-refractivity contribution in [2.75, 3.05) is 5.73 Å². The Morgan fingerprint density at radius 2 is 2.20 bits per heavy atom. The lowest BCUT2D eigenvalue weighted by Gasteiger charge is -2.07. The number of aromatic nitrogens is 2. The number of benzene rings is 1. The van der Waals surface area contributed by atoms with Crippen LogP contribution in [0.3, 0.4) is 0 Å². The van der Waals surface area contributed by atoms with Crippen molar-refractivity contribution in [3.05, 3.63) is 47.0 Å². The number of anilines is 1. The third-order valence-electron chi connectivity index (χ3n) is 2.85. The van der Waals surface area contributed by atoms with Crippen LogP contribution in [0.1, 0.15) is 28.7 Å². The molecule has 5 nitrogen and oxygen atoms in total. The zero-order valence-corrected chi connectivity index (χ0v) is 11.4. The minimum absolute atomic E-state index is 0.0434. The average molecular weight is 277 g/mol. The summed E-state index contributed by atoms with van der Waals surface area (Å²) < 4.78 is 20.4. The molecular formula is C14H16FN3O2. The van der Waals surface area contributed by atoms with Crippen molar-refractivity contribution in [1.29, 1.82) is 0 Å². The summed E-state index contributed by atoms with van der Waals surface area (Å²) in [5, 5.41) is 4.24. The fraction of sp³-hybridized carbons (Fsp3) is 0.286. The molecule has 2 aromatic rings. The highest BCUT2D eigenvalue weighted by atomic mass is 19.1. The number of aryl methyl sites for hydroxylation is 2. The number of rotatable bonds is 4. The Morgan fingerprint density at radius 3 is 2.90 bits per heavy atom. The van der Waals surface area contributed by atoms with Crippen molar-refractivity contribution in [2.45, 2.75) is 27.0 Å². The van der Waals surface area contributed by atoms with Gasteiger partial charge < -0.3 is 10.5 Å². The highest BCUT2D eigenvalue weighted by molar-refractivity contribution is 5.90. The minimum atomic E-state index is -0.740. The van der Waals surface area contributed by atoms with Gasteiger partial charge in [0.1, 0.15) is 12.4 Å². The zero-order chi connectivity index (χ0) is 14.7. The number of ether oxygens (including phenoxy) is 1. The van der Waals surface area contributed by atoms with Crippen molar-refractivity contribution in [2.24, 2.45) is 0 Å². The normalized spacial score (nSPS) is 10.6. The number of hydrogen-bond acceptors (Lipinski definition) is 4. The maximum Gasteiger partial charge on any atom is 0.341 e. The van der Waals surface area contributed by atoms with Crippen LogP contribution in [0.25, 0.3) is 0 Å². The Hall–Kier alpha value is -2.37. The summed E-state index contributed by atoms with van der Waals surface area (Å²) in [6.45, 7) is 4.51. The third-order valence-corrected chi connectivity index (χ3v) is 2.85. The molecule has 0 unspecified atom stereocenters. The van der Waals surface area contributed by atoms with Gasteiger partial charge >= 0.3 is 5.97 Å². The molecule has 106 valence electrons. The molecule has 0 aliphatic rings. The first-order chi connectivity index (χ1) is 9.51. The highest BCUT2D eigenvalue weighted by Crippen LogP contribution is 2.14. The van der Waals surface area contributed by atoms with Crippen LogP contribution in [0.4, 0.5) is 10.1 Å². The number of carbonyl (C=O) groups excluding carboxylic acids is 1. The SMILES string of the molecule is CCn1nc(C)cc1COC(=O)c1cc(N)ccc1F.